The Morgan fingerprint density at radius 3 is 2.52 bits per heavy atom. The molecule has 1 heterocycles. The van der Waals surface area contributed by atoms with E-state index in [-0.39, 0.29) is 23.9 Å². The molecule has 3 nitrogen and oxygen atoms in total. The summed E-state index contributed by atoms with van der Waals surface area (Å²) in [6.07, 6.45) is 12.3. The summed E-state index contributed by atoms with van der Waals surface area (Å²) in [5.41, 5.74) is 1.65. The van der Waals surface area contributed by atoms with Crippen molar-refractivity contribution in [1.82, 2.24) is 0 Å². The molecule has 3 aliphatic rings. The smallest absolute Gasteiger partial charge is 0.174 e. The standard InChI is InChI=1S/C25H44O3Si/c1-16-12-18-9-8-17(2)21(24(18)22(26)13-16)11-10-20-14-19(25(3,4)5)15-23(27-20)28-29(6)7/h8-9,12,16-17,19-24,26,29H,10-11,13-15H2,1-7H3/t16-,17-,19+,20+,21-,22-,23?,24-/m0/s1. The zero-order valence-electron chi connectivity index (χ0n) is 19.7. The van der Waals surface area contributed by atoms with Gasteiger partial charge in [-0.05, 0) is 73.4 Å². The monoisotopic (exact) mass is 420 g/mol. The highest BCUT2D eigenvalue weighted by Gasteiger charge is 2.40. The van der Waals surface area contributed by atoms with Gasteiger partial charge in [0.2, 0.25) is 0 Å². The molecule has 3 rings (SSSR count). The van der Waals surface area contributed by atoms with Gasteiger partial charge in [0.15, 0.2) is 9.04 Å². The van der Waals surface area contributed by atoms with Gasteiger partial charge in [-0.25, -0.2) is 0 Å². The van der Waals surface area contributed by atoms with Gasteiger partial charge in [-0.3, -0.25) is 0 Å². The van der Waals surface area contributed by atoms with E-state index in [1.54, 1.807) is 0 Å². The van der Waals surface area contributed by atoms with Crippen molar-refractivity contribution in [1.29, 1.82) is 0 Å². The fourth-order valence-corrected chi connectivity index (χ4v) is 6.55. The van der Waals surface area contributed by atoms with Crippen LogP contribution in [0.5, 0.6) is 0 Å². The highest BCUT2D eigenvalue weighted by atomic mass is 28.3. The molecule has 0 aromatic rings. The summed E-state index contributed by atoms with van der Waals surface area (Å²) in [4.78, 5) is 0. The molecule has 1 N–H and O–H groups in total. The lowest BCUT2D eigenvalue weighted by atomic mass is 9.65. The van der Waals surface area contributed by atoms with Crippen LogP contribution in [0.4, 0.5) is 0 Å². The molecule has 1 saturated heterocycles. The van der Waals surface area contributed by atoms with Gasteiger partial charge in [-0.1, -0.05) is 52.8 Å². The minimum Gasteiger partial charge on any atom is -0.396 e. The molecule has 0 radical (unpaired) electrons. The van der Waals surface area contributed by atoms with E-state index in [9.17, 15) is 5.11 Å². The summed E-state index contributed by atoms with van der Waals surface area (Å²) in [6, 6.07) is 0. The van der Waals surface area contributed by atoms with Gasteiger partial charge in [0.25, 0.3) is 0 Å². The van der Waals surface area contributed by atoms with E-state index in [2.05, 4.69) is 65.9 Å². The lowest BCUT2D eigenvalue weighted by Crippen LogP contribution is -2.42. The fourth-order valence-electron chi connectivity index (χ4n) is 5.77. The molecule has 2 aliphatic carbocycles. The lowest BCUT2D eigenvalue weighted by molar-refractivity contribution is -0.179. The highest BCUT2D eigenvalue weighted by Crippen LogP contribution is 2.45. The van der Waals surface area contributed by atoms with E-state index < -0.39 is 9.04 Å². The fraction of sp³-hybridized carbons (Fsp3) is 0.840. The number of aliphatic hydroxyl groups is 1. The van der Waals surface area contributed by atoms with E-state index in [0.29, 0.717) is 29.6 Å². The van der Waals surface area contributed by atoms with Crippen molar-refractivity contribution in [3.63, 3.8) is 0 Å². The molecule has 1 unspecified atom stereocenters. The maximum atomic E-state index is 10.9. The van der Waals surface area contributed by atoms with E-state index in [4.69, 9.17) is 9.16 Å². The first kappa shape index (κ1) is 23.2. The van der Waals surface area contributed by atoms with Crippen LogP contribution in [0.2, 0.25) is 13.1 Å². The first-order chi connectivity index (χ1) is 13.5. The second kappa shape index (κ2) is 9.38. The molecule has 0 aromatic carbocycles. The lowest BCUT2D eigenvalue weighted by Gasteiger charge is -2.44. The Morgan fingerprint density at radius 1 is 1.14 bits per heavy atom. The molecular weight excluding hydrogens is 376 g/mol. The van der Waals surface area contributed by atoms with Crippen LogP contribution in [0.15, 0.2) is 23.8 Å². The average Bonchev–Trinajstić information content (AvgIpc) is 2.59. The van der Waals surface area contributed by atoms with Crippen LogP contribution in [0.1, 0.15) is 66.7 Å². The Labute approximate surface area is 180 Å². The van der Waals surface area contributed by atoms with Gasteiger partial charge >= 0.3 is 0 Å². The molecule has 0 bridgehead atoms. The Kier molecular flexibility index (Phi) is 7.52. The quantitative estimate of drug-likeness (QED) is 0.580. The molecule has 0 saturated carbocycles. The number of aliphatic hydroxyl groups excluding tert-OH is 1. The van der Waals surface area contributed by atoms with E-state index in [1.165, 1.54) is 5.57 Å². The van der Waals surface area contributed by atoms with Crippen molar-refractivity contribution in [2.75, 3.05) is 0 Å². The summed E-state index contributed by atoms with van der Waals surface area (Å²) in [6.45, 7) is 16.1. The predicted octanol–water partition coefficient (Wildman–Crippen LogP) is 5.70. The summed E-state index contributed by atoms with van der Waals surface area (Å²) < 4.78 is 12.7. The van der Waals surface area contributed by atoms with E-state index >= 15 is 0 Å². The van der Waals surface area contributed by atoms with Gasteiger partial charge in [-0.15, -0.1) is 0 Å². The molecule has 0 amide bonds. The Morgan fingerprint density at radius 2 is 1.86 bits per heavy atom. The number of hydrogen-bond acceptors (Lipinski definition) is 3. The molecular formula is C25H44O3Si. The maximum Gasteiger partial charge on any atom is 0.174 e. The highest BCUT2D eigenvalue weighted by molar-refractivity contribution is 6.48. The van der Waals surface area contributed by atoms with Crippen LogP contribution < -0.4 is 0 Å². The van der Waals surface area contributed by atoms with Crippen LogP contribution in [0.3, 0.4) is 0 Å². The molecule has 8 atom stereocenters. The van der Waals surface area contributed by atoms with Crippen molar-refractivity contribution < 1.29 is 14.3 Å². The molecule has 0 spiro atoms. The van der Waals surface area contributed by atoms with Gasteiger partial charge in [-0.2, -0.15) is 0 Å². The zero-order valence-corrected chi connectivity index (χ0v) is 20.9. The first-order valence-corrected chi connectivity index (χ1v) is 14.7. The van der Waals surface area contributed by atoms with Crippen molar-refractivity contribution in [2.45, 2.75) is 98.3 Å². The zero-order chi connectivity index (χ0) is 21.3. The number of ether oxygens (including phenoxy) is 1. The normalized spacial score (nSPS) is 40.7. The summed E-state index contributed by atoms with van der Waals surface area (Å²) in [5.74, 6) is 2.42. The molecule has 4 heteroatoms. The van der Waals surface area contributed by atoms with Crippen LogP contribution in [-0.2, 0) is 9.16 Å². The Hall–Kier alpha value is -0.423. The first-order valence-electron chi connectivity index (χ1n) is 11.9. The van der Waals surface area contributed by atoms with E-state index in [1.807, 2.05) is 0 Å². The molecule has 0 aromatic heterocycles. The minimum atomic E-state index is -1.12. The molecule has 1 fully saturated rings. The van der Waals surface area contributed by atoms with Crippen LogP contribution >= 0.6 is 0 Å². The third-order valence-electron chi connectivity index (χ3n) is 7.46. The number of rotatable bonds is 5. The van der Waals surface area contributed by atoms with Crippen LogP contribution in [-0.4, -0.2) is 32.6 Å². The van der Waals surface area contributed by atoms with Crippen molar-refractivity contribution in [3.05, 3.63) is 23.8 Å². The van der Waals surface area contributed by atoms with Crippen molar-refractivity contribution in [3.8, 4) is 0 Å². The molecule has 1 aliphatic heterocycles. The van der Waals surface area contributed by atoms with E-state index in [0.717, 1.165) is 32.1 Å². The van der Waals surface area contributed by atoms with Gasteiger partial charge < -0.3 is 14.3 Å². The average molecular weight is 421 g/mol. The molecule has 166 valence electrons. The van der Waals surface area contributed by atoms with Gasteiger partial charge in [0.1, 0.15) is 6.29 Å². The number of fused-ring (bicyclic) bond motifs is 1. The van der Waals surface area contributed by atoms with Crippen LogP contribution in [0.25, 0.3) is 0 Å². The van der Waals surface area contributed by atoms with Gasteiger partial charge in [0, 0.05) is 12.3 Å². The summed E-state index contributed by atoms with van der Waals surface area (Å²) in [5, 5.41) is 10.9. The van der Waals surface area contributed by atoms with Crippen molar-refractivity contribution in [2.24, 2.45) is 35.0 Å². The maximum absolute atomic E-state index is 10.9. The predicted molar refractivity (Wildman–Crippen MR) is 123 cm³/mol. The number of allylic oxidation sites excluding steroid dienone is 3. The summed E-state index contributed by atoms with van der Waals surface area (Å²) >= 11 is 0. The second-order valence-corrected chi connectivity index (χ2v) is 13.7. The summed E-state index contributed by atoms with van der Waals surface area (Å²) in [7, 11) is -1.12. The topological polar surface area (TPSA) is 38.7 Å². The molecule has 29 heavy (non-hydrogen) atoms. The number of hydrogen-bond donors (Lipinski definition) is 1. The largest absolute Gasteiger partial charge is 0.396 e. The van der Waals surface area contributed by atoms with Gasteiger partial charge in [0.05, 0.1) is 12.2 Å². The second-order valence-electron chi connectivity index (χ2n) is 11.3. The van der Waals surface area contributed by atoms with Crippen molar-refractivity contribution >= 4 is 9.04 Å². The van der Waals surface area contributed by atoms with Crippen LogP contribution in [0, 0.1) is 35.0 Å². The SMILES string of the molecule is C[C@H]1C=C2C=C[C@H](C)[C@H](CC[C@@H]3C[C@@H](C(C)(C)C)CC(O[SiH](C)C)O3)[C@H]2[C@@H](O)C1. The third-order valence-corrected chi connectivity index (χ3v) is 8.31. The Balaban J connectivity index is 1.68. The third kappa shape index (κ3) is 5.84. The Bertz CT molecular complexity index is 606. The minimum absolute atomic E-state index is 0.0232.